The lowest BCUT2D eigenvalue weighted by Crippen LogP contribution is -2.43. The van der Waals surface area contributed by atoms with E-state index in [1.54, 1.807) is 0 Å². The van der Waals surface area contributed by atoms with E-state index in [0.717, 1.165) is 51.4 Å². The summed E-state index contributed by atoms with van der Waals surface area (Å²) in [6.45, 7) is 0.378. The van der Waals surface area contributed by atoms with Crippen molar-refractivity contribution < 1.29 is 38.3 Å². The molecule has 4 aliphatic carbocycles. The van der Waals surface area contributed by atoms with E-state index in [1.807, 2.05) is 0 Å². The van der Waals surface area contributed by atoms with Crippen molar-refractivity contribution in [1.82, 2.24) is 10.6 Å². The Morgan fingerprint density at radius 2 is 1.18 bits per heavy atom. The molecule has 0 heterocycles. The molecule has 1 aromatic rings. The highest BCUT2D eigenvalue weighted by atomic mass is 16.7. The Bertz CT molecular complexity index is 1140. The number of fused-ring (bicyclic) bond motifs is 2. The summed E-state index contributed by atoms with van der Waals surface area (Å²) < 4.78 is 21.4. The molecule has 0 aromatic heterocycles. The second-order valence-corrected chi connectivity index (χ2v) is 12.0. The number of carbonyl (C=O) groups excluding carboxylic acids is 3. The third-order valence-electron chi connectivity index (χ3n) is 9.29. The maximum atomic E-state index is 12.5. The summed E-state index contributed by atoms with van der Waals surface area (Å²) in [6, 6.07) is 4.93. The van der Waals surface area contributed by atoms with Gasteiger partial charge in [0.1, 0.15) is 11.9 Å². The highest BCUT2D eigenvalue weighted by molar-refractivity contribution is 5.68. The molecule has 4 unspecified atom stereocenters. The molecular weight excluding hydrogens is 570 g/mol. The van der Waals surface area contributed by atoms with Gasteiger partial charge in [0.05, 0.1) is 31.2 Å². The van der Waals surface area contributed by atoms with Crippen LogP contribution in [0.2, 0.25) is 0 Å². The lowest BCUT2D eigenvalue weighted by Gasteiger charge is -2.19. The van der Waals surface area contributed by atoms with Crippen LogP contribution in [0.15, 0.2) is 48.6 Å². The molecule has 2 fully saturated rings. The van der Waals surface area contributed by atoms with Crippen molar-refractivity contribution in [3.05, 3.63) is 58.7 Å². The quantitative estimate of drug-likeness (QED) is 0.0775. The van der Waals surface area contributed by atoms with Gasteiger partial charge in [0.25, 0.3) is 5.69 Å². The molecule has 238 valence electrons. The van der Waals surface area contributed by atoms with Gasteiger partial charge in [0.2, 0.25) is 0 Å². The van der Waals surface area contributed by atoms with E-state index < -0.39 is 29.4 Å². The number of alkyl carbamates (subject to hydrolysis) is 2. The number of nitro benzene ring substituents is 1. The summed E-state index contributed by atoms with van der Waals surface area (Å²) in [5, 5.41) is 16.1. The summed E-state index contributed by atoms with van der Waals surface area (Å²) in [7, 11) is 0. The zero-order valence-corrected chi connectivity index (χ0v) is 24.8. The predicted octanol–water partition coefficient (Wildman–Crippen LogP) is 5.92. The van der Waals surface area contributed by atoms with E-state index in [-0.39, 0.29) is 24.5 Å². The van der Waals surface area contributed by atoms with Crippen molar-refractivity contribution in [3.8, 4) is 5.75 Å². The smallest absolute Gasteiger partial charge is 0.449 e. The lowest BCUT2D eigenvalue weighted by molar-refractivity contribution is -0.384. The monoisotopic (exact) mass is 611 g/mol. The van der Waals surface area contributed by atoms with Crippen LogP contribution in [0.25, 0.3) is 0 Å². The molecule has 0 aliphatic heterocycles. The van der Waals surface area contributed by atoms with Gasteiger partial charge < -0.3 is 29.6 Å². The maximum Gasteiger partial charge on any atom is 0.514 e. The van der Waals surface area contributed by atoms with Crippen LogP contribution in [0.5, 0.6) is 5.75 Å². The molecule has 1 aromatic carbocycles. The first-order valence-electron chi connectivity index (χ1n) is 15.6. The lowest BCUT2D eigenvalue weighted by atomic mass is 10.1. The van der Waals surface area contributed by atoms with Crippen LogP contribution in [-0.2, 0) is 14.2 Å². The number of non-ortho nitro benzene ring substituents is 1. The Labute approximate surface area is 256 Å². The Hall–Kier alpha value is -4.09. The number of nitrogens with one attached hydrogen (secondary N) is 2. The first-order chi connectivity index (χ1) is 21.4. The molecule has 44 heavy (non-hydrogen) atoms. The fourth-order valence-corrected chi connectivity index (χ4v) is 6.77. The third-order valence-corrected chi connectivity index (χ3v) is 9.29. The first-order valence-corrected chi connectivity index (χ1v) is 15.6. The zero-order chi connectivity index (χ0) is 30.9. The van der Waals surface area contributed by atoms with E-state index >= 15 is 0 Å². The Morgan fingerprint density at radius 1 is 0.750 bits per heavy atom. The number of allylic oxidation sites excluding steroid dienone is 4. The molecule has 0 spiro atoms. The van der Waals surface area contributed by atoms with Gasteiger partial charge in [0, 0.05) is 12.1 Å². The summed E-state index contributed by atoms with van der Waals surface area (Å²) in [5.41, 5.74) is -0.157. The molecular formula is C32H41N3O9. The maximum absolute atomic E-state index is 12.5. The second kappa shape index (κ2) is 15.1. The Balaban J connectivity index is 1.07. The SMILES string of the molecule is O=C(NCC(CNC(=O)OCC1C2CCC=CCCC21)OC(=O)Oc1ccc([N+](=O)[O-])cc1)OCC1C2CCC=CCCC21. The van der Waals surface area contributed by atoms with Crippen LogP contribution in [0, 0.1) is 45.6 Å². The highest BCUT2D eigenvalue weighted by Gasteiger charge is 2.50. The van der Waals surface area contributed by atoms with Crippen molar-refractivity contribution in [2.75, 3.05) is 26.3 Å². The van der Waals surface area contributed by atoms with E-state index in [1.165, 1.54) is 24.3 Å². The molecule has 5 rings (SSSR count). The van der Waals surface area contributed by atoms with Crippen LogP contribution in [-0.4, -0.2) is 55.7 Å². The van der Waals surface area contributed by atoms with Gasteiger partial charge in [-0.25, -0.2) is 14.4 Å². The predicted molar refractivity (Wildman–Crippen MR) is 159 cm³/mol. The van der Waals surface area contributed by atoms with E-state index in [4.69, 9.17) is 18.9 Å². The van der Waals surface area contributed by atoms with Gasteiger partial charge in [-0.2, -0.15) is 0 Å². The summed E-state index contributed by atoms with van der Waals surface area (Å²) in [4.78, 5) is 47.8. The molecule has 12 nitrogen and oxygen atoms in total. The number of nitrogens with zero attached hydrogens (tertiary/aromatic N) is 1. The van der Waals surface area contributed by atoms with Crippen molar-refractivity contribution in [3.63, 3.8) is 0 Å². The molecule has 2 amide bonds. The molecule has 0 radical (unpaired) electrons. The third kappa shape index (κ3) is 8.96. The highest BCUT2D eigenvalue weighted by Crippen LogP contribution is 2.53. The summed E-state index contributed by atoms with van der Waals surface area (Å²) in [6.07, 6.45) is 14.1. The van der Waals surface area contributed by atoms with Gasteiger partial charge in [-0.1, -0.05) is 24.3 Å². The minimum Gasteiger partial charge on any atom is -0.449 e. The van der Waals surface area contributed by atoms with E-state index in [9.17, 15) is 24.5 Å². The molecule has 4 atom stereocenters. The molecule has 2 saturated carbocycles. The number of amides is 2. The number of carbonyl (C=O) groups is 3. The first kappa shape index (κ1) is 31.3. The van der Waals surface area contributed by atoms with Crippen LogP contribution >= 0.6 is 0 Å². The fourth-order valence-electron chi connectivity index (χ4n) is 6.77. The molecule has 0 bridgehead atoms. The molecule has 0 saturated heterocycles. The van der Waals surface area contributed by atoms with Gasteiger partial charge in [-0.15, -0.1) is 0 Å². The Kier molecular flexibility index (Phi) is 10.7. The van der Waals surface area contributed by atoms with E-state index in [0.29, 0.717) is 48.7 Å². The zero-order valence-electron chi connectivity index (χ0n) is 24.8. The standard InChI is InChI=1S/C32H41N3O9/c36-30(41-19-28-24-9-5-1-2-6-10-25(24)28)33-17-23(44-32(38)43-22-15-13-21(14-16-22)35(39)40)18-34-31(37)42-20-29-26-11-7-3-4-8-12-27(26)29/h1-4,13-16,23-29H,5-12,17-20H2,(H,33,36)(H,34,37). The molecule has 12 heteroatoms. The van der Waals surface area contributed by atoms with Crippen LogP contribution in [0.4, 0.5) is 20.1 Å². The van der Waals surface area contributed by atoms with Gasteiger partial charge in [-0.3, -0.25) is 10.1 Å². The fraction of sp³-hybridized carbons (Fsp3) is 0.594. The summed E-state index contributed by atoms with van der Waals surface area (Å²) in [5.74, 6) is 3.09. The van der Waals surface area contributed by atoms with Crippen molar-refractivity contribution in [2.24, 2.45) is 35.5 Å². The van der Waals surface area contributed by atoms with Crippen LogP contribution in [0.1, 0.15) is 51.4 Å². The number of hydrogen-bond acceptors (Lipinski definition) is 9. The number of benzene rings is 1. The van der Waals surface area contributed by atoms with Gasteiger partial charge >= 0.3 is 18.3 Å². The molecule has 4 aliphatic rings. The number of hydrogen-bond donors (Lipinski definition) is 2. The average molecular weight is 612 g/mol. The number of nitro groups is 1. The van der Waals surface area contributed by atoms with Gasteiger partial charge in [-0.05, 0) is 99.0 Å². The van der Waals surface area contributed by atoms with Crippen LogP contribution < -0.4 is 15.4 Å². The van der Waals surface area contributed by atoms with Crippen LogP contribution in [0.3, 0.4) is 0 Å². The minimum absolute atomic E-state index is 0.0412. The number of rotatable bonds is 11. The van der Waals surface area contributed by atoms with Crippen molar-refractivity contribution in [2.45, 2.75) is 57.5 Å². The minimum atomic E-state index is -1.10. The number of ether oxygens (including phenoxy) is 4. The largest absolute Gasteiger partial charge is 0.514 e. The Morgan fingerprint density at radius 3 is 1.59 bits per heavy atom. The second-order valence-electron chi connectivity index (χ2n) is 12.0. The van der Waals surface area contributed by atoms with Crippen molar-refractivity contribution in [1.29, 1.82) is 0 Å². The normalized spacial score (nSPS) is 27.4. The topological polar surface area (TPSA) is 155 Å². The summed E-state index contributed by atoms with van der Waals surface area (Å²) >= 11 is 0. The van der Waals surface area contributed by atoms with Gasteiger partial charge in [0.15, 0.2) is 0 Å². The van der Waals surface area contributed by atoms with Crippen molar-refractivity contribution >= 4 is 24.0 Å². The molecule has 2 N–H and O–H groups in total. The average Bonchev–Trinajstić information content (AvgIpc) is 3.84. The van der Waals surface area contributed by atoms with E-state index in [2.05, 4.69) is 34.9 Å².